The number of nitrogens with zero attached hydrogens (tertiary/aromatic N) is 4. The normalized spacial score (nSPS) is 20.2. The van der Waals surface area contributed by atoms with E-state index in [-0.39, 0.29) is 6.10 Å². The first kappa shape index (κ1) is 17.3. The molecular weight excluding hydrogens is 324 g/mol. The van der Waals surface area contributed by atoms with Crippen LogP contribution in [0.3, 0.4) is 0 Å². The lowest BCUT2D eigenvalue weighted by atomic mass is 10.2. The molecule has 1 fully saturated rings. The van der Waals surface area contributed by atoms with Crippen molar-refractivity contribution in [1.29, 1.82) is 0 Å². The second-order valence-electron chi connectivity index (χ2n) is 6.04. The number of benzene rings is 1. The molecule has 6 nitrogen and oxygen atoms in total. The zero-order valence-electron chi connectivity index (χ0n) is 14.2. The van der Waals surface area contributed by atoms with Gasteiger partial charge in [-0.2, -0.15) is 5.10 Å². The van der Waals surface area contributed by atoms with Gasteiger partial charge < -0.3 is 4.74 Å². The molecule has 0 N–H and O–H groups in total. The standard InChI is InChI=1S/C17H24N4O2S/c1-14-18-15(2)21(19-14)13-16-12-20(8-10-23-16)9-11-24(22)17-6-4-3-5-7-17/h3-7,16H,8-13H2,1-2H3/t16-,24-/m1/s1. The molecule has 0 bridgehead atoms. The lowest BCUT2D eigenvalue weighted by molar-refractivity contribution is -0.0358. The maximum atomic E-state index is 12.3. The van der Waals surface area contributed by atoms with Crippen LogP contribution in [0.15, 0.2) is 35.2 Å². The lowest BCUT2D eigenvalue weighted by Gasteiger charge is -2.32. The maximum absolute atomic E-state index is 12.3. The first-order valence-electron chi connectivity index (χ1n) is 8.27. The summed E-state index contributed by atoms with van der Waals surface area (Å²) in [5.41, 5.74) is 0. The molecule has 0 unspecified atom stereocenters. The second-order valence-corrected chi connectivity index (χ2v) is 7.62. The van der Waals surface area contributed by atoms with Gasteiger partial charge in [0.1, 0.15) is 11.6 Å². The molecule has 0 aliphatic carbocycles. The van der Waals surface area contributed by atoms with Gasteiger partial charge in [-0.15, -0.1) is 0 Å². The summed E-state index contributed by atoms with van der Waals surface area (Å²) in [6.45, 7) is 7.82. The average Bonchev–Trinajstić information content (AvgIpc) is 2.91. The number of ether oxygens (including phenoxy) is 1. The van der Waals surface area contributed by atoms with E-state index in [0.717, 1.165) is 36.2 Å². The van der Waals surface area contributed by atoms with Crippen LogP contribution in [0.5, 0.6) is 0 Å². The van der Waals surface area contributed by atoms with Crippen LogP contribution in [0.4, 0.5) is 0 Å². The van der Waals surface area contributed by atoms with Crippen LogP contribution in [-0.2, 0) is 22.1 Å². The van der Waals surface area contributed by atoms with Crippen LogP contribution < -0.4 is 0 Å². The largest absolute Gasteiger partial charge is 0.374 e. The summed E-state index contributed by atoms with van der Waals surface area (Å²) in [6, 6.07) is 9.66. The fourth-order valence-corrected chi connectivity index (χ4v) is 4.04. The highest BCUT2D eigenvalue weighted by molar-refractivity contribution is 7.85. The van der Waals surface area contributed by atoms with Gasteiger partial charge >= 0.3 is 0 Å². The molecular formula is C17H24N4O2S. The van der Waals surface area contributed by atoms with E-state index in [1.807, 2.05) is 48.9 Å². The molecule has 0 amide bonds. The number of morpholine rings is 1. The van der Waals surface area contributed by atoms with Gasteiger partial charge in [-0.1, -0.05) is 18.2 Å². The fraction of sp³-hybridized carbons (Fsp3) is 0.529. The van der Waals surface area contributed by atoms with Crippen LogP contribution in [0.1, 0.15) is 11.6 Å². The average molecular weight is 348 g/mol. The molecule has 3 rings (SSSR count). The van der Waals surface area contributed by atoms with Gasteiger partial charge in [-0.25, -0.2) is 9.67 Å². The quantitative estimate of drug-likeness (QED) is 0.790. The maximum Gasteiger partial charge on any atom is 0.147 e. The van der Waals surface area contributed by atoms with Crippen molar-refractivity contribution in [3.05, 3.63) is 42.0 Å². The van der Waals surface area contributed by atoms with E-state index < -0.39 is 10.8 Å². The molecule has 1 aliphatic rings. The van der Waals surface area contributed by atoms with Crippen LogP contribution in [-0.4, -0.2) is 62.0 Å². The molecule has 1 aliphatic heterocycles. The first-order valence-corrected chi connectivity index (χ1v) is 9.59. The molecule has 2 heterocycles. The molecule has 0 radical (unpaired) electrons. The van der Waals surface area contributed by atoms with Gasteiger partial charge in [0, 0.05) is 30.3 Å². The summed E-state index contributed by atoms with van der Waals surface area (Å²) >= 11 is 0. The Balaban J connectivity index is 1.50. The molecule has 2 atom stereocenters. The molecule has 130 valence electrons. The van der Waals surface area contributed by atoms with E-state index in [9.17, 15) is 4.21 Å². The Morgan fingerprint density at radius 2 is 2.08 bits per heavy atom. The molecule has 24 heavy (non-hydrogen) atoms. The topological polar surface area (TPSA) is 60.2 Å². The number of hydrogen-bond acceptors (Lipinski definition) is 5. The molecule has 1 aromatic heterocycles. The van der Waals surface area contributed by atoms with Crippen molar-refractivity contribution in [2.75, 3.05) is 32.0 Å². The van der Waals surface area contributed by atoms with Crippen LogP contribution in [0, 0.1) is 13.8 Å². The van der Waals surface area contributed by atoms with E-state index in [2.05, 4.69) is 15.0 Å². The summed E-state index contributed by atoms with van der Waals surface area (Å²) in [6.07, 6.45) is 0.101. The van der Waals surface area contributed by atoms with Crippen molar-refractivity contribution in [1.82, 2.24) is 19.7 Å². The molecule has 7 heteroatoms. The van der Waals surface area contributed by atoms with Gasteiger partial charge in [0.15, 0.2) is 0 Å². The monoisotopic (exact) mass is 348 g/mol. The number of rotatable bonds is 6. The number of aryl methyl sites for hydroxylation is 2. The van der Waals surface area contributed by atoms with Crippen molar-refractivity contribution in [2.24, 2.45) is 0 Å². The predicted molar refractivity (Wildman–Crippen MR) is 93.4 cm³/mol. The van der Waals surface area contributed by atoms with E-state index in [4.69, 9.17) is 4.74 Å². The minimum atomic E-state index is -0.945. The number of aromatic nitrogens is 3. The minimum Gasteiger partial charge on any atom is -0.374 e. The van der Waals surface area contributed by atoms with Gasteiger partial charge in [-0.3, -0.25) is 9.11 Å². The highest BCUT2D eigenvalue weighted by Crippen LogP contribution is 2.10. The smallest absolute Gasteiger partial charge is 0.147 e. The van der Waals surface area contributed by atoms with Gasteiger partial charge in [-0.05, 0) is 26.0 Å². The Labute approximate surface area is 145 Å². The number of hydrogen-bond donors (Lipinski definition) is 0. The van der Waals surface area contributed by atoms with E-state index >= 15 is 0 Å². The Kier molecular flexibility index (Phi) is 5.76. The van der Waals surface area contributed by atoms with Crippen molar-refractivity contribution >= 4 is 10.8 Å². The molecule has 0 saturated carbocycles. The summed E-state index contributed by atoms with van der Waals surface area (Å²) in [4.78, 5) is 7.56. The third-order valence-electron chi connectivity index (χ3n) is 4.16. The van der Waals surface area contributed by atoms with Crippen LogP contribution in [0.2, 0.25) is 0 Å². The molecule has 2 aromatic rings. The minimum absolute atomic E-state index is 0.101. The van der Waals surface area contributed by atoms with E-state index in [0.29, 0.717) is 18.9 Å². The van der Waals surface area contributed by atoms with Crippen molar-refractivity contribution in [3.8, 4) is 0 Å². The van der Waals surface area contributed by atoms with Crippen LogP contribution >= 0.6 is 0 Å². The molecule has 1 aromatic carbocycles. The zero-order chi connectivity index (χ0) is 16.9. The summed E-state index contributed by atoms with van der Waals surface area (Å²) in [5, 5.41) is 4.40. The Hall–Kier alpha value is -1.57. The highest BCUT2D eigenvalue weighted by Gasteiger charge is 2.22. The van der Waals surface area contributed by atoms with Gasteiger partial charge in [0.25, 0.3) is 0 Å². The summed E-state index contributed by atoms with van der Waals surface area (Å²) in [5.74, 6) is 2.36. The zero-order valence-corrected chi connectivity index (χ0v) is 15.0. The van der Waals surface area contributed by atoms with E-state index in [1.165, 1.54) is 0 Å². The van der Waals surface area contributed by atoms with Gasteiger partial charge in [0.2, 0.25) is 0 Å². The SMILES string of the molecule is Cc1nc(C)n(C[C@H]2CN(CC[S@@](=O)c3ccccc3)CCO2)n1. The van der Waals surface area contributed by atoms with E-state index in [1.54, 1.807) is 0 Å². The first-order chi connectivity index (χ1) is 11.6. The molecule has 0 spiro atoms. The molecule has 1 saturated heterocycles. The third kappa shape index (κ3) is 4.49. The fourth-order valence-electron chi connectivity index (χ4n) is 2.92. The van der Waals surface area contributed by atoms with Crippen molar-refractivity contribution in [2.45, 2.75) is 31.4 Å². The Morgan fingerprint density at radius 1 is 1.29 bits per heavy atom. The highest BCUT2D eigenvalue weighted by atomic mass is 32.2. The van der Waals surface area contributed by atoms with Gasteiger partial charge in [0.05, 0.1) is 30.1 Å². The Morgan fingerprint density at radius 3 is 2.79 bits per heavy atom. The lowest BCUT2D eigenvalue weighted by Crippen LogP contribution is -2.45. The van der Waals surface area contributed by atoms with Crippen LogP contribution in [0.25, 0.3) is 0 Å². The predicted octanol–water partition coefficient (Wildman–Crippen LogP) is 1.40. The summed E-state index contributed by atoms with van der Waals surface area (Å²) < 4.78 is 20.1. The summed E-state index contributed by atoms with van der Waals surface area (Å²) in [7, 11) is -0.945. The van der Waals surface area contributed by atoms with Crippen molar-refractivity contribution < 1.29 is 8.95 Å². The Bertz CT molecular complexity index is 689. The van der Waals surface area contributed by atoms with Crippen molar-refractivity contribution in [3.63, 3.8) is 0 Å². The third-order valence-corrected chi connectivity index (χ3v) is 5.51. The second kappa shape index (κ2) is 8.00.